The molecule has 1 aromatic rings. The zero-order valence-corrected chi connectivity index (χ0v) is 12.4. The maximum absolute atomic E-state index is 5.92. The predicted octanol–water partition coefficient (Wildman–Crippen LogP) is 3.43. The summed E-state index contributed by atoms with van der Waals surface area (Å²) >= 11 is 0. The summed E-state index contributed by atoms with van der Waals surface area (Å²) in [6, 6.07) is 7.24. The van der Waals surface area contributed by atoms with Gasteiger partial charge in [-0.3, -0.25) is 4.90 Å². The van der Waals surface area contributed by atoms with Crippen molar-refractivity contribution in [3.05, 3.63) is 23.8 Å². The van der Waals surface area contributed by atoms with Gasteiger partial charge in [-0.25, -0.2) is 0 Å². The summed E-state index contributed by atoms with van der Waals surface area (Å²) in [6.07, 6.45) is 3.92. The van der Waals surface area contributed by atoms with E-state index in [9.17, 15) is 0 Å². The minimum Gasteiger partial charge on any atom is -0.494 e. The number of anilines is 1. The first kappa shape index (κ1) is 14.2. The van der Waals surface area contributed by atoms with Crippen LogP contribution < -0.4 is 10.5 Å². The highest BCUT2D eigenvalue weighted by molar-refractivity contribution is 5.47. The van der Waals surface area contributed by atoms with Crippen LogP contribution in [0.3, 0.4) is 0 Å². The second-order valence-corrected chi connectivity index (χ2v) is 5.60. The fourth-order valence-corrected chi connectivity index (χ4v) is 3.00. The van der Waals surface area contributed by atoms with Crippen molar-refractivity contribution in [2.45, 2.75) is 58.7 Å². The third kappa shape index (κ3) is 3.41. The number of nitrogens with zero attached hydrogens (tertiary/aromatic N) is 1. The molecule has 2 atom stereocenters. The SMILES string of the molecule is CCOc1ccc(N)cc1CN1[C@H](C)CCC[C@@H]1C. The first-order valence-corrected chi connectivity index (χ1v) is 7.38. The largest absolute Gasteiger partial charge is 0.494 e. The Kier molecular flexibility index (Phi) is 4.70. The van der Waals surface area contributed by atoms with E-state index in [0.717, 1.165) is 18.0 Å². The van der Waals surface area contributed by atoms with E-state index in [4.69, 9.17) is 10.5 Å². The molecule has 1 aliphatic rings. The van der Waals surface area contributed by atoms with Gasteiger partial charge in [-0.05, 0) is 51.8 Å². The Morgan fingerprint density at radius 2 is 1.95 bits per heavy atom. The van der Waals surface area contributed by atoms with Crippen LogP contribution in [0.5, 0.6) is 5.75 Å². The van der Waals surface area contributed by atoms with E-state index < -0.39 is 0 Å². The van der Waals surface area contributed by atoms with Gasteiger partial charge < -0.3 is 10.5 Å². The molecule has 1 aliphatic heterocycles. The summed E-state index contributed by atoms with van der Waals surface area (Å²) in [5.41, 5.74) is 7.95. The van der Waals surface area contributed by atoms with Gasteiger partial charge >= 0.3 is 0 Å². The van der Waals surface area contributed by atoms with E-state index >= 15 is 0 Å². The van der Waals surface area contributed by atoms with Crippen LogP contribution in [0.15, 0.2) is 18.2 Å². The van der Waals surface area contributed by atoms with Crippen LogP contribution in [0.25, 0.3) is 0 Å². The molecule has 0 amide bonds. The monoisotopic (exact) mass is 262 g/mol. The molecule has 0 aromatic heterocycles. The Morgan fingerprint density at radius 3 is 2.58 bits per heavy atom. The van der Waals surface area contributed by atoms with Crippen LogP contribution in [0.1, 0.15) is 45.6 Å². The summed E-state index contributed by atoms with van der Waals surface area (Å²) in [6.45, 7) is 8.29. The third-order valence-electron chi connectivity index (χ3n) is 4.11. The van der Waals surface area contributed by atoms with E-state index in [1.165, 1.54) is 24.8 Å². The smallest absolute Gasteiger partial charge is 0.123 e. The van der Waals surface area contributed by atoms with Gasteiger partial charge in [0.1, 0.15) is 5.75 Å². The quantitative estimate of drug-likeness (QED) is 0.845. The molecule has 0 saturated carbocycles. The Hall–Kier alpha value is -1.22. The van der Waals surface area contributed by atoms with E-state index in [2.05, 4.69) is 24.8 Å². The molecule has 0 bridgehead atoms. The molecule has 0 aliphatic carbocycles. The number of benzene rings is 1. The van der Waals surface area contributed by atoms with Gasteiger partial charge in [-0.1, -0.05) is 6.42 Å². The normalized spacial score (nSPS) is 24.4. The van der Waals surface area contributed by atoms with E-state index in [0.29, 0.717) is 18.7 Å². The van der Waals surface area contributed by atoms with Gasteiger partial charge in [0.25, 0.3) is 0 Å². The molecular weight excluding hydrogens is 236 g/mol. The van der Waals surface area contributed by atoms with Crippen LogP contribution in [-0.2, 0) is 6.54 Å². The summed E-state index contributed by atoms with van der Waals surface area (Å²) in [4.78, 5) is 2.57. The van der Waals surface area contributed by atoms with Gasteiger partial charge in [-0.2, -0.15) is 0 Å². The molecule has 3 heteroatoms. The first-order valence-electron chi connectivity index (χ1n) is 7.38. The van der Waals surface area contributed by atoms with Gasteiger partial charge in [0.2, 0.25) is 0 Å². The van der Waals surface area contributed by atoms with Crippen LogP contribution in [0.2, 0.25) is 0 Å². The topological polar surface area (TPSA) is 38.5 Å². The molecule has 2 N–H and O–H groups in total. The van der Waals surface area contributed by atoms with Gasteiger partial charge in [-0.15, -0.1) is 0 Å². The lowest BCUT2D eigenvalue weighted by atomic mass is 9.96. The third-order valence-corrected chi connectivity index (χ3v) is 4.11. The van der Waals surface area contributed by atoms with E-state index in [1.807, 2.05) is 19.1 Å². The highest BCUT2D eigenvalue weighted by Crippen LogP contribution is 2.29. The zero-order chi connectivity index (χ0) is 13.8. The van der Waals surface area contributed by atoms with Crippen LogP contribution >= 0.6 is 0 Å². The van der Waals surface area contributed by atoms with Crippen LogP contribution in [-0.4, -0.2) is 23.6 Å². The number of nitrogen functional groups attached to an aromatic ring is 1. The highest BCUT2D eigenvalue weighted by Gasteiger charge is 2.25. The number of ether oxygens (including phenoxy) is 1. The van der Waals surface area contributed by atoms with E-state index in [1.54, 1.807) is 0 Å². The fraction of sp³-hybridized carbons (Fsp3) is 0.625. The average molecular weight is 262 g/mol. The Labute approximate surface area is 116 Å². The number of rotatable bonds is 4. The molecule has 3 nitrogen and oxygen atoms in total. The number of nitrogens with two attached hydrogens (primary N) is 1. The van der Waals surface area contributed by atoms with Crippen molar-refractivity contribution in [2.75, 3.05) is 12.3 Å². The molecule has 2 rings (SSSR count). The fourth-order valence-electron chi connectivity index (χ4n) is 3.00. The summed E-state index contributed by atoms with van der Waals surface area (Å²) < 4.78 is 5.72. The maximum Gasteiger partial charge on any atom is 0.123 e. The molecule has 1 saturated heterocycles. The Morgan fingerprint density at radius 1 is 1.26 bits per heavy atom. The van der Waals surface area contributed by atoms with E-state index in [-0.39, 0.29) is 0 Å². The molecule has 1 aromatic carbocycles. The van der Waals surface area contributed by atoms with Crippen molar-refractivity contribution in [3.63, 3.8) is 0 Å². The molecular formula is C16H26N2O. The highest BCUT2D eigenvalue weighted by atomic mass is 16.5. The van der Waals surface area contributed by atoms with Crippen molar-refractivity contribution in [2.24, 2.45) is 0 Å². The van der Waals surface area contributed by atoms with Crippen molar-refractivity contribution in [3.8, 4) is 5.75 Å². The summed E-state index contributed by atoms with van der Waals surface area (Å²) in [5, 5.41) is 0. The number of hydrogen-bond donors (Lipinski definition) is 1. The van der Waals surface area contributed by atoms with Crippen molar-refractivity contribution >= 4 is 5.69 Å². The number of hydrogen-bond acceptors (Lipinski definition) is 3. The molecule has 19 heavy (non-hydrogen) atoms. The number of likely N-dealkylation sites (tertiary alicyclic amines) is 1. The Bertz CT molecular complexity index is 409. The maximum atomic E-state index is 5.92. The predicted molar refractivity (Wildman–Crippen MR) is 80.3 cm³/mol. The van der Waals surface area contributed by atoms with Crippen molar-refractivity contribution in [1.82, 2.24) is 4.90 Å². The molecule has 1 fully saturated rings. The van der Waals surface area contributed by atoms with Crippen LogP contribution in [0.4, 0.5) is 5.69 Å². The van der Waals surface area contributed by atoms with Gasteiger partial charge in [0.05, 0.1) is 6.61 Å². The van der Waals surface area contributed by atoms with Gasteiger partial charge in [0.15, 0.2) is 0 Å². The lowest BCUT2D eigenvalue weighted by molar-refractivity contribution is 0.0941. The summed E-state index contributed by atoms with van der Waals surface area (Å²) in [5.74, 6) is 0.974. The standard InChI is InChI=1S/C16H26N2O/c1-4-19-16-9-8-15(17)10-14(16)11-18-12(2)6-5-7-13(18)3/h8-10,12-13H,4-7,11,17H2,1-3H3/t12-,13+. The molecule has 0 unspecified atom stereocenters. The molecule has 106 valence electrons. The lowest BCUT2D eigenvalue weighted by Crippen LogP contribution is -2.43. The Balaban J connectivity index is 2.18. The number of piperidine rings is 1. The lowest BCUT2D eigenvalue weighted by Gasteiger charge is -2.39. The molecule has 0 radical (unpaired) electrons. The minimum absolute atomic E-state index is 0.639. The first-order chi connectivity index (χ1) is 9.11. The second-order valence-electron chi connectivity index (χ2n) is 5.60. The minimum atomic E-state index is 0.639. The van der Waals surface area contributed by atoms with Crippen molar-refractivity contribution < 1.29 is 4.74 Å². The van der Waals surface area contributed by atoms with Crippen LogP contribution in [0, 0.1) is 0 Å². The zero-order valence-electron chi connectivity index (χ0n) is 12.4. The van der Waals surface area contributed by atoms with Crippen molar-refractivity contribution in [1.29, 1.82) is 0 Å². The average Bonchev–Trinajstić information content (AvgIpc) is 2.37. The van der Waals surface area contributed by atoms with Gasteiger partial charge in [0, 0.05) is 29.9 Å². The summed E-state index contributed by atoms with van der Waals surface area (Å²) in [7, 11) is 0. The molecule has 1 heterocycles. The second kappa shape index (κ2) is 6.29. The molecule has 0 spiro atoms.